The number of nitrogens with zero attached hydrogens (tertiary/aromatic N) is 1. The number of rotatable bonds is 11. The van der Waals surface area contributed by atoms with Gasteiger partial charge in [-0.05, 0) is 41.8 Å². The van der Waals surface area contributed by atoms with E-state index in [1.807, 2.05) is 42.5 Å². The Bertz CT molecular complexity index is 1300. The molecular weight excluding hydrogens is 486 g/mol. The van der Waals surface area contributed by atoms with Crippen LogP contribution in [0.5, 0.6) is 17.2 Å². The van der Waals surface area contributed by atoms with Gasteiger partial charge in [-0.15, -0.1) is 0 Å². The first-order chi connectivity index (χ1) is 18.5. The van der Waals surface area contributed by atoms with Gasteiger partial charge in [-0.1, -0.05) is 48.5 Å². The second-order valence-corrected chi connectivity index (χ2v) is 8.72. The van der Waals surface area contributed by atoms with Crippen LogP contribution in [0.3, 0.4) is 0 Å². The number of hydrogen-bond acceptors (Lipinski definition) is 7. The predicted molar refractivity (Wildman–Crippen MR) is 142 cm³/mol. The Morgan fingerprint density at radius 1 is 0.895 bits per heavy atom. The Morgan fingerprint density at radius 3 is 2.24 bits per heavy atom. The van der Waals surface area contributed by atoms with Gasteiger partial charge < -0.3 is 29.0 Å². The molecule has 8 heteroatoms. The minimum absolute atomic E-state index is 0.0459. The van der Waals surface area contributed by atoms with Crippen molar-refractivity contribution in [2.24, 2.45) is 0 Å². The lowest BCUT2D eigenvalue weighted by Gasteiger charge is -2.26. The third-order valence-corrected chi connectivity index (χ3v) is 6.37. The van der Waals surface area contributed by atoms with Gasteiger partial charge >= 0.3 is 0 Å². The number of ketones is 1. The lowest BCUT2D eigenvalue weighted by molar-refractivity contribution is -0.140. The Morgan fingerprint density at radius 2 is 1.58 bits per heavy atom. The molecule has 1 amide bonds. The van der Waals surface area contributed by atoms with E-state index < -0.39 is 17.7 Å². The summed E-state index contributed by atoms with van der Waals surface area (Å²) < 4.78 is 22.1. The van der Waals surface area contributed by atoms with Crippen LogP contribution in [0.1, 0.15) is 29.2 Å². The van der Waals surface area contributed by atoms with E-state index in [0.717, 1.165) is 5.56 Å². The van der Waals surface area contributed by atoms with Crippen molar-refractivity contribution in [3.8, 4) is 17.2 Å². The second kappa shape index (κ2) is 12.3. The molecule has 3 aromatic rings. The number of aliphatic hydroxyl groups is 1. The van der Waals surface area contributed by atoms with Gasteiger partial charge in [0.15, 0.2) is 0 Å². The van der Waals surface area contributed by atoms with Crippen LogP contribution in [-0.2, 0) is 20.9 Å². The van der Waals surface area contributed by atoms with E-state index in [4.69, 9.17) is 18.9 Å². The van der Waals surface area contributed by atoms with E-state index in [9.17, 15) is 14.7 Å². The first kappa shape index (κ1) is 26.8. The van der Waals surface area contributed by atoms with E-state index in [0.29, 0.717) is 42.4 Å². The Balaban J connectivity index is 1.80. The molecule has 0 radical (unpaired) electrons. The monoisotopic (exact) mass is 517 g/mol. The fourth-order valence-electron chi connectivity index (χ4n) is 4.57. The largest absolute Gasteiger partial charge is 0.506 e. The lowest BCUT2D eigenvalue weighted by atomic mass is 9.94. The van der Waals surface area contributed by atoms with Crippen LogP contribution < -0.4 is 14.2 Å². The van der Waals surface area contributed by atoms with Gasteiger partial charge in [-0.2, -0.15) is 0 Å². The third kappa shape index (κ3) is 5.50. The first-order valence-corrected chi connectivity index (χ1v) is 12.3. The highest BCUT2D eigenvalue weighted by Gasteiger charge is 2.46. The van der Waals surface area contributed by atoms with Crippen molar-refractivity contribution in [1.82, 2.24) is 4.90 Å². The molecule has 8 nitrogen and oxygen atoms in total. The van der Waals surface area contributed by atoms with Crippen molar-refractivity contribution < 1.29 is 33.6 Å². The van der Waals surface area contributed by atoms with Gasteiger partial charge in [0.2, 0.25) is 0 Å². The van der Waals surface area contributed by atoms with Crippen LogP contribution >= 0.6 is 0 Å². The quantitative estimate of drug-likeness (QED) is 0.170. The maximum Gasteiger partial charge on any atom is 0.295 e. The van der Waals surface area contributed by atoms with Crippen molar-refractivity contribution in [3.05, 3.63) is 95.1 Å². The summed E-state index contributed by atoms with van der Waals surface area (Å²) in [5.41, 5.74) is 1.79. The molecule has 0 bridgehead atoms. The standard InChI is InChI=1S/C30H31NO7/c1-35-17-9-16-31-27(21-12-7-13-22(18-21)38-19-20-10-5-4-6-11-20)26(29(33)30(31)34)28(32)25-23(36-2)14-8-15-24(25)37-3/h4-8,10-15,18,27,32H,9,16-17,19H2,1-3H3/b28-26+. The highest BCUT2D eigenvalue weighted by atomic mass is 16.5. The SMILES string of the molecule is COCCCN1C(=O)C(=O)/C(=C(/O)c2c(OC)cccc2OC)C1c1cccc(OCc2ccccc2)c1. The zero-order chi connectivity index (χ0) is 27.1. The molecule has 1 aliphatic heterocycles. The van der Waals surface area contributed by atoms with Gasteiger partial charge in [-0.3, -0.25) is 9.59 Å². The molecule has 1 N–H and O–H groups in total. The molecule has 1 fully saturated rings. The number of Topliss-reactive ketones (excluding diaryl/α,β-unsaturated/α-hetero) is 1. The number of methoxy groups -OCH3 is 3. The number of hydrogen-bond donors (Lipinski definition) is 1. The minimum atomic E-state index is -0.846. The van der Waals surface area contributed by atoms with Crippen molar-refractivity contribution in [2.45, 2.75) is 19.1 Å². The van der Waals surface area contributed by atoms with Crippen molar-refractivity contribution >= 4 is 17.4 Å². The third-order valence-electron chi connectivity index (χ3n) is 6.37. The van der Waals surface area contributed by atoms with Gasteiger partial charge in [0.25, 0.3) is 11.7 Å². The highest BCUT2D eigenvalue weighted by molar-refractivity contribution is 6.46. The Kier molecular flexibility index (Phi) is 8.66. The Labute approximate surface area is 222 Å². The average molecular weight is 518 g/mol. The number of benzene rings is 3. The van der Waals surface area contributed by atoms with E-state index in [-0.39, 0.29) is 23.4 Å². The predicted octanol–water partition coefficient (Wildman–Crippen LogP) is 4.74. The Hall–Kier alpha value is -4.30. The number of amides is 1. The lowest BCUT2D eigenvalue weighted by Crippen LogP contribution is -2.31. The van der Waals surface area contributed by atoms with Crippen molar-refractivity contribution in [3.63, 3.8) is 0 Å². The summed E-state index contributed by atoms with van der Waals surface area (Å²) in [5, 5.41) is 11.5. The van der Waals surface area contributed by atoms with Crippen LogP contribution in [0, 0.1) is 0 Å². The highest BCUT2D eigenvalue weighted by Crippen LogP contribution is 2.44. The smallest absolute Gasteiger partial charge is 0.295 e. The number of ether oxygens (including phenoxy) is 4. The fraction of sp³-hybridized carbons (Fsp3) is 0.267. The molecule has 0 saturated carbocycles. The summed E-state index contributed by atoms with van der Waals surface area (Å²) in [5.74, 6) is -0.654. The first-order valence-electron chi connectivity index (χ1n) is 12.3. The zero-order valence-electron chi connectivity index (χ0n) is 21.7. The van der Waals surface area contributed by atoms with Crippen LogP contribution in [0.15, 0.2) is 78.4 Å². The maximum absolute atomic E-state index is 13.4. The molecule has 3 aromatic carbocycles. The topological polar surface area (TPSA) is 94.5 Å². The molecule has 1 heterocycles. The number of aliphatic hydroxyl groups excluding tert-OH is 1. The summed E-state index contributed by atoms with van der Waals surface area (Å²) in [7, 11) is 4.49. The molecule has 1 unspecified atom stereocenters. The summed E-state index contributed by atoms with van der Waals surface area (Å²) >= 11 is 0. The molecule has 0 aliphatic carbocycles. The zero-order valence-corrected chi connectivity index (χ0v) is 21.7. The molecule has 1 aliphatic rings. The second-order valence-electron chi connectivity index (χ2n) is 8.72. The molecule has 38 heavy (non-hydrogen) atoms. The molecule has 1 atom stereocenters. The number of likely N-dealkylation sites (tertiary alicyclic amines) is 1. The molecule has 198 valence electrons. The fourth-order valence-corrected chi connectivity index (χ4v) is 4.57. The summed E-state index contributed by atoms with van der Waals surface area (Å²) in [4.78, 5) is 28.1. The number of carbonyl (C=O) groups is 2. The van der Waals surface area contributed by atoms with E-state index >= 15 is 0 Å². The van der Waals surface area contributed by atoms with Crippen LogP contribution in [0.2, 0.25) is 0 Å². The van der Waals surface area contributed by atoms with E-state index in [1.165, 1.54) is 19.1 Å². The molecular formula is C30H31NO7. The average Bonchev–Trinajstić information content (AvgIpc) is 3.21. The van der Waals surface area contributed by atoms with E-state index in [2.05, 4.69) is 0 Å². The van der Waals surface area contributed by atoms with Gasteiger partial charge in [0.1, 0.15) is 35.2 Å². The number of carbonyl (C=O) groups excluding carboxylic acids is 2. The maximum atomic E-state index is 13.4. The minimum Gasteiger partial charge on any atom is -0.506 e. The van der Waals surface area contributed by atoms with Crippen LogP contribution in [-0.4, -0.2) is 56.2 Å². The summed E-state index contributed by atoms with van der Waals surface area (Å²) in [6.45, 7) is 1.03. The van der Waals surface area contributed by atoms with Crippen molar-refractivity contribution in [2.75, 3.05) is 34.5 Å². The van der Waals surface area contributed by atoms with Crippen LogP contribution in [0.4, 0.5) is 0 Å². The molecule has 0 aromatic heterocycles. The normalized spacial score (nSPS) is 16.5. The van der Waals surface area contributed by atoms with Gasteiger partial charge in [-0.25, -0.2) is 0 Å². The van der Waals surface area contributed by atoms with Crippen LogP contribution in [0.25, 0.3) is 5.76 Å². The van der Waals surface area contributed by atoms with Crippen molar-refractivity contribution in [1.29, 1.82) is 0 Å². The van der Waals surface area contributed by atoms with Gasteiger partial charge in [0.05, 0.1) is 25.8 Å². The molecule has 0 spiro atoms. The molecule has 1 saturated heterocycles. The molecule has 4 rings (SSSR count). The van der Waals surface area contributed by atoms with Gasteiger partial charge in [0, 0.05) is 20.3 Å². The summed E-state index contributed by atoms with van der Waals surface area (Å²) in [6, 6.07) is 21.1. The summed E-state index contributed by atoms with van der Waals surface area (Å²) in [6.07, 6.45) is 0.516. The van der Waals surface area contributed by atoms with E-state index in [1.54, 1.807) is 37.4 Å².